The number of hydrogen-bond donors (Lipinski definition) is 1. The number of nitrogens with zero attached hydrogens (tertiary/aromatic N) is 3. The van der Waals surface area contributed by atoms with Crippen LogP contribution in [0.2, 0.25) is 5.02 Å². The van der Waals surface area contributed by atoms with E-state index in [0.29, 0.717) is 27.6 Å². The highest BCUT2D eigenvalue weighted by molar-refractivity contribution is 7.99. The molecule has 0 radical (unpaired) electrons. The Bertz CT molecular complexity index is 1130. The summed E-state index contributed by atoms with van der Waals surface area (Å²) in [6.07, 6.45) is 0. The number of hydrogen-bond acceptors (Lipinski definition) is 6. The number of fused-ring (bicyclic) bond motifs is 2. The summed E-state index contributed by atoms with van der Waals surface area (Å²) in [6, 6.07) is 7.00. The van der Waals surface area contributed by atoms with Gasteiger partial charge in [0.05, 0.1) is 21.8 Å². The first-order valence-corrected chi connectivity index (χ1v) is 11.0. The summed E-state index contributed by atoms with van der Waals surface area (Å²) in [7, 11) is 0. The van der Waals surface area contributed by atoms with Crippen molar-refractivity contribution in [1.82, 2.24) is 14.5 Å². The zero-order valence-electron chi connectivity index (χ0n) is 15.7. The molecule has 0 saturated heterocycles. The molecular formula is C19H19ClN4O2S2. The van der Waals surface area contributed by atoms with Crippen LogP contribution in [0, 0.1) is 5.92 Å². The second kappa shape index (κ2) is 7.17. The molecule has 1 unspecified atom stereocenters. The van der Waals surface area contributed by atoms with Crippen LogP contribution in [0.3, 0.4) is 0 Å². The Morgan fingerprint density at radius 3 is 2.82 bits per heavy atom. The number of benzene rings is 1. The van der Waals surface area contributed by atoms with Gasteiger partial charge in [-0.2, -0.15) is 0 Å². The number of aromatic nitrogens is 3. The van der Waals surface area contributed by atoms with Gasteiger partial charge in [0, 0.05) is 28.8 Å². The van der Waals surface area contributed by atoms with Gasteiger partial charge in [0.1, 0.15) is 0 Å². The van der Waals surface area contributed by atoms with Gasteiger partial charge in [0.15, 0.2) is 10.3 Å². The van der Waals surface area contributed by atoms with Crippen LogP contribution in [0.25, 0.3) is 10.2 Å². The maximum absolute atomic E-state index is 12.7. The van der Waals surface area contributed by atoms with Gasteiger partial charge in [0.25, 0.3) is 5.56 Å². The van der Waals surface area contributed by atoms with E-state index < -0.39 is 0 Å². The summed E-state index contributed by atoms with van der Waals surface area (Å²) in [6.45, 7) is 6.41. The molecule has 3 heterocycles. The van der Waals surface area contributed by atoms with Crippen LogP contribution < -0.4 is 10.9 Å². The first-order valence-electron chi connectivity index (χ1n) is 8.83. The quantitative estimate of drug-likeness (QED) is 0.612. The minimum atomic E-state index is -0.326. The molecule has 0 aliphatic carbocycles. The summed E-state index contributed by atoms with van der Waals surface area (Å²) >= 11 is 8.83. The van der Waals surface area contributed by atoms with Crippen molar-refractivity contribution in [3.05, 3.63) is 45.3 Å². The molecule has 1 amide bonds. The molecular weight excluding hydrogens is 416 g/mol. The largest absolute Gasteiger partial charge is 0.302 e. The number of rotatable bonds is 2. The molecule has 0 saturated carbocycles. The van der Waals surface area contributed by atoms with Crippen molar-refractivity contribution >= 4 is 56.0 Å². The van der Waals surface area contributed by atoms with Gasteiger partial charge in [0.2, 0.25) is 5.91 Å². The van der Waals surface area contributed by atoms with Crippen molar-refractivity contribution in [2.75, 3.05) is 11.1 Å². The highest BCUT2D eigenvalue weighted by atomic mass is 35.5. The van der Waals surface area contributed by atoms with Gasteiger partial charge in [-0.25, -0.2) is 9.97 Å². The van der Waals surface area contributed by atoms with Gasteiger partial charge >= 0.3 is 0 Å². The summed E-state index contributed by atoms with van der Waals surface area (Å²) in [5, 5.41) is 4.73. The molecule has 0 bridgehead atoms. The fraction of sp³-hybridized carbons (Fsp3) is 0.368. The summed E-state index contributed by atoms with van der Waals surface area (Å²) in [4.78, 5) is 34.4. The lowest BCUT2D eigenvalue weighted by Gasteiger charge is -2.26. The van der Waals surface area contributed by atoms with Gasteiger partial charge in [-0.3, -0.25) is 14.2 Å². The lowest BCUT2D eigenvalue weighted by molar-refractivity contribution is -0.119. The molecule has 146 valence electrons. The van der Waals surface area contributed by atoms with E-state index in [1.165, 1.54) is 23.1 Å². The maximum atomic E-state index is 12.7. The molecule has 0 fully saturated rings. The first kappa shape index (κ1) is 19.4. The van der Waals surface area contributed by atoms with Crippen molar-refractivity contribution in [3.8, 4) is 0 Å². The van der Waals surface area contributed by atoms with Crippen molar-refractivity contribution in [2.24, 2.45) is 5.92 Å². The third-order valence-electron chi connectivity index (χ3n) is 4.51. The number of halogens is 1. The molecule has 6 nitrogen and oxygen atoms in total. The van der Waals surface area contributed by atoms with Crippen molar-refractivity contribution < 1.29 is 4.79 Å². The topological polar surface area (TPSA) is 76.9 Å². The number of carbonyl (C=O) groups excluding carboxylic acids is 1. The number of carbonyl (C=O) groups is 1. The Balaban J connectivity index is 1.53. The fourth-order valence-corrected chi connectivity index (χ4v) is 5.15. The zero-order chi connectivity index (χ0) is 20.1. The number of anilines is 1. The van der Waals surface area contributed by atoms with E-state index in [1.807, 2.05) is 32.9 Å². The van der Waals surface area contributed by atoms with Gasteiger partial charge in [-0.15, -0.1) is 0 Å². The minimum Gasteiger partial charge on any atom is -0.302 e. The molecule has 1 aliphatic heterocycles. The zero-order valence-corrected chi connectivity index (χ0v) is 18.0. The van der Waals surface area contributed by atoms with E-state index in [4.69, 9.17) is 11.6 Å². The fourth-order valence-electron chi connectivity index (χ4n) is 2.91. The van der Waals surface area contributed by atoms with Crippen molar-refractivity contribution in [3.63, 3.8) is 0 Å². The van der Waals surface area contributed by atoms with E-state index in [-0.39, 0.29) is 22.8 Å². The van der Waals surface area contributed by atoms with Crippen LogP contribution in [0.15, 0.2) is 34.2 Å². The number of nitrogens with one attached hydrogen (secondary N) is 1. The summed E-state index contributed by atoms with van der Waals surface area (Å²) in [5.74, 6) is 0.103. The average molecular weight is 435 g/mol. The van der Waals surface area contributed by atoms with E-state index in [9.17, 15) is 9.59 Å². The van der Waals surface area contributed by atoms with Crippen LogP contribution in [-0.2, 0) is 16.8 Å². The second-order valence-corrected chi connectivity index (χ2v) is 10.2. The van der Waals surface area contributed by atoms with Gasteiger partial charge in [-0.1, -0.05) is 55.5 Å². The molecule has 1 atom stereocenters. The predicted molar refractivity (Wildman–Crippen MR) is 115 cm³/mol. The maximum Gasteiger partial charge on any atom is 0.254 e. The lowest BCUT2D eigenvalue weighted by atomic mass is 9.92. The normalized spacial score (nSPS) is 16.8. The molecule has 1 aliphatic rings. The smallest absolute Gasteiger partial charge is 0.254 e. The van der Waals surface area contributed by atoms with Gasteiger partial charge in [-0.05, 0) is 18.2 Å². The number of amides is 1. The van der Waals surface area contributed by atoms with Crippen LogP contribution >= 0.6 is 34.7 Å². The third-order valence-corrected chi connectivity index (χ3v) is 6.82. The third kappa shape index (κ3) is 3.81. The molecule has 0 spiro atoms. The monoisotopic (exact) mass is 434 g/mol. The van der Waals surface area contributed by atoms with E-state index in [2.05, 4.69) is 15.3 Å². The molecule has 3 aromatic rings. The second-order valence-electron chi connectivity index (χ2n) is 7.75. The average Bonchev–Trinajstić information content (AvgIpc) is 3.01. The number of thioether (sulfide) groups is 1. The van der Waals surface area contributed by atoms with E-state index in [0.717, 1.165) is 15.9 Å². The Morgan fingerprint density at radius 1 is 1.29 bits per heavy atom. The SMILES string of the molecule is CC(C)(C)c1cc(=O)n2c(n1)SCC(C(=O)Nc1nc3ccc(Cl)cc3s1)C2. The lowest BCUT2D eigenvalue weighted by Crippen LogP contribution is -2.37. The van der Waals surface area contributed by atoms with Gasteiger partial charge < -0.3 is 5.32 Å². The Kier molecular flexibility index (Phi) is 4.97. The molecule has 1 aromatic carbocycles. The molecule has 2 aromatic heterocycles. The predicted octanol–water partition coefficient (Wildman–Crippen LogP) is 4.16. The Hall–Kier alpha value is -1.90. The van der Waals surface area contributed by atoms with Crippen molar-refractivity contribution in [2.45, 2.75) is 37.9 Å². The Labute approximate surface area is 175 Å². The number of thiazole rings is 1. The molecule has 9 heteroatoms. The van der Waals surface area contributed by atoms with Crippen LogP contribution in [0.5, 0.6) is 0 Å². The highest BCUT2D eigenvalue weighted by Crippen LogP contribution is 2.31. The standard InChI is InChI=1S/C19H19ClN4O2S2/c1-19(2,3)14-7-15(25)24-8-10(9-27-18(24)22-14)16(26)23-17-21-12-5-4-11(20)6-13(12)28-17/h4-7,10H,8-9H2,1-3H3,(H,21,23,26). The summed E-state index contributed by atoms with van der Waals surface area (Å²) in [5.41, 5.74) is 1.25. The molecule has 4 rings (SSSR count). The Morgan fingerprint density at radius 2 is 2.07 bits per heavy atom. The summed E-state index contributed by atoms with van der Waals surface area (Å²) < 4.78 is 2.51. The van der Waals surface area contributed by atoms with Crippen molar-refractivity contribution in [1.29, 1.82) is 0 Å². The molecule has 1 N–H and O–H groups in total. The van der Waals surface area contributed by atoms with Crippen LogP contribution in [-0.4, -0.2) is 26.2 Å². The van der Waals surface area contributed by atoms with E-state index >= 15 is 0 Å². The minimum absolute atomic E-state index is 0.116. The first-order chi connectivity index (χ1) is 13.2. The van der Waals surface area contributed by atoms with Crippen LogP contribution in [0.4, 0.5) is 5.13 Å². The van der Waals surface area contributed by atoms with Crippen LogP contribution in [0.1, 0.15) is 26.5 Å². The van der Waals surface area contributed by atoms with E-state index in [1.54, 1.807) is 16.7 Å². The highest BCUT2D eigenvalue weighted by Gasteiger charge is 2.29. The molecule has 28 heavy (non-hydrogen) atoms.